The number of Topliss-reactive ketones (excluding diaryl/α,β-unsaturated/α-hetero) is 4. The molecule has 1 fully saturated rings. The number of nitriles is 1. The Morgan fingerprint density at radius 3 is 2.09 bits per heavy atom. The molecule has 2 aliphatic carbocycles. The Bertz CT molecular complexity index is 1780. The summed E-state index contributed by atoms with van der Waals surface area (Å²) < 4.78 is 30.2. The van der Waals surface area contributed by atoms with Gasteiger partial charge in [-0.2, -0.15) is 5.26 Å². The molecule has 5 atom stereocenters. The van der Waals surface area contributed by atoms with Crippen LogP contribution < -0.4 is 0 Å². The minimum Gasteiger partial charge on any atom is -0.492 e. The number of esters is 1. The van der Waals surface area contributed by atoms with Crippen molar-refractivity contribution in [1.29, 1.82) is 5.26 Å². The molecule has 0 unspecified atom stereocenters. The fourth-order valence-electron chi connectivity index (χ4n) is 7.63. The number of benzene rings is 1. The van der Waals surface area contributed by atoms with E-state index >= 15 is 0 Å². The summed E-state index contributed by atoms with van der Waals surface area (Å²) in [5.74, 6) is -3.51. The van der Waals surface area contributed by atoms with Crippen LogP contribution in [0.5, 0.6) is 0 Å². The first-order chi connectivity index (χ1) is 21.5. The van der Waals surface area contributed by atoms with E-state index in [1.807, 2.05) is 4.90 Å². The van der Waals surface area contributed by atoms with E-state index in [4.69, 9.17) is 14.2 Å². The zero-order chi connectivity index (χ0) is 32.5. The Labute approximate surface area is 258 Å². The maximum absolute atomic E-state index is 13.9. The van der Waals surface area contributed by atoms with Crippen LogP contribution in [0, 0.1) is 17.1 Å². The summed E-state index contributed by atoms with van der Waals surface area (Å²) in [5, 5.41) is 10.6. The Hall–Kier alpha value is -4.73. The Balaban J connectivity index is 1.50. The molecule has 1 aromatic carbocycles. The lowest BCUT2D eigenvalue weighted by molar-refractivity contribution is -0.126. The third-order valence-electron chi connectivity index (χ3n) is 9.65. The van der Waals surface area contributed by atoms with E-state index in [1.54, 1.807) is 11.9 Å². The molecule has 11 nitrogen and oxygen atoms in total. The molecule has 0 amide bonds. The van der Waals surface area contributed by atoms with E-state index < -0.39 is 66.0 Å². The van der Waals surface area contributed by atoms with Gasteiger partial charge in [-0.1, -0.05) is 6.07 Å². The lowest BCUT2D eigenvalue weighted by Crippen LogP contribution is -2.74. The SMILES string of the molecule is COC1=C(C)C(=O)C2=C(C1=O)[C@H]1[C@@H]3CC4=C(C(=O)C(OC)=C(C)C4=O)[C@H](COC(=O)c4cccc(F)c4)N3[C@@H](C#N)[C@H](C2)N1C. The van der Waals surface area contributed by atoms with Crippen LogP contribution >= 0.6 is 0 Å². The number of fused-ring (bicyclic) bond motifs is 5. The molecule has 3 heterocycles. The smallest absolute Gasteiger partial charge is 0.338 e. The first-order valence-corrected chi connectivity index (χ1v) is 14.4. The summed E-state index contributed by atoms with van der Waals surface area (Å²) >= 11 is 0. The maximum Gasteiger partial charge on any atom is 0.338 e. The van der Waals surface area contributed by atoms with E-state index in [-0.39, 0.29) is 63.6 Å². The predicted molar refractivity (Wildman–Crippen MR) is 154 cm³/mol. The summed E-state index contributed by atoms with van der Waals surface area (Å²) in [5.41, 5.74) is 0.981. The topological polar surface area (TPSA) is 143 Å². The fraction of sp³-hybridized carbons (Fsp3) is 0.394. The fourth-order valence-corrected chi connectivity index (χ4v) is 7.63. The highest BCUT2D eigenvalue weighted by atomic mass is 19.1. The molecule has 0 spiro atoms. The van der Waals surface area contributed by atoms with Crippen molar-refractivity contribution < 1.29 is 42.6 Å². The lowest BCUT2D eigenvalue weighted by atomic mass is 9.67. The molecule has 232 valence electrons. The normalized spacial score (nSPS) is 28.5. The number of hydrogen-bond donors (Lipinski definition) is 0. The van der Waals surface area contributed by atoms with Crippen LogP contribution in [-0.4, -0.2) is 97.0 Å². The summed E-state index contributed by atoms with van der Waals surface area (Å²) in [4.78, 5) is 71.8. The second kappa shape index (κ2) is 11.0. The van der Waals surface area contributed by atoms with Gasteiger partial charge in [0.15, 0.2) is 23.1 Å². The van der Waals surface area contributed by atoms with Crippen LogP contribution in [0.3, 0.4) is 0 Å². The maximum atomic E-state index is 13.9. The molecule has 3 aliphatic heterocycles. The monoisotopic (exact) mass is 615 g/mol. The molecule has 5 aliphatic rings. The Kier molecular flexibility index (Phi) is 7.42. The zero-order valence-corrected chi connectivity index (χ0v) is 25.3. The number of likely N-dealkylation sites (N-methyl/N-ethyl adjacent to an activating group) is 1. The predicted octanol–water partition coefficient (Wildman–Crippen LogP) is 2.14. The third kappa shape index (κ3) is 4.33. The summed E-state index contributed by atoms with van der Waals surface area (Å²) in [7, 11) is 4.36. The van der Waals surface area contributed by atoms with Gasteiger partial charge in [-0.25, -0.2) is 9.18 Å². The summed E-state index contributed by atoms with van der Waals surface area (Å²) in [6, 6.07) is 3.14. The molecule has 2 bridgehead atoms. The third-order valence-corrected chi connectivity index (χ3v) is 9.65. The standard InChI is InChI=1S/C33H30FN3O8/c1-14-27(38)18-11-21-26-25-19(28(39)15(2)32(44-5)30(25)41)10-20(36(26)3)22(12-35)37(21)23(24(18)29(40)31(14)43-4)13-45-33(42)16-7-6-8-17(34)9-16/h6-9,20-23,26H,10-11,13H2,1-5H3/t20-,21-,22-,23-,26+/m0/s1. The van der Waals surface area contributed by atoms with E-state index in [9.17, 15) is 33.6 Å². The van der Waals surface area contributed by atoms with Crippen LogP contribution in [0.2, 0.25) is 0 Å². The van der Waals surface area contributed by atoms with E-state index in [0.29, 0.717) is 5.57 Å². The van der Waals surface area contributed by atoms with Crippen LogP contribution in [0.15, 0.2) is 69.2 Å². The minimum atomic E-state index is -1.09. The molecule has 45 heavy (non-hydrogen) atoms. The second-order valence-electron chi connectivity index (χ2n) is 11.7. The molecule has 1 aromatic rings. The van der Waals surface area contributed by atoms with Crippen molar-refractivity contribution in [3.8, 4) is 6.07 Å². The molecule has 0 saturated carbocycles. The van der Waals surface area contributed by atoms with Crippen LogP contribution in [-0.2, 0) is 33.4 Å². The number of ether oxygens (including phenoxy) is 3. The Morgan fingerprint density at radius 1 is 0.933 bits per heavy atom. The number of rotatable bonds is 5. The molecule has 12 heteroatoms. The first-order valence-electron chi connectivity index (χ1n) is 14.4. The van der Waals surface area contributed by atoms with Crippen molar-refractivity contribution in [2.75, 3.05) is 27.9 Å². The van der Waals surface area contributed by atoms with Crippen molar-refractivity contribution in [2.45, 2.75) is 56.9 Å². The van der Waals surface area contributed by atoms with Gasteiger partial charge in [-0.3, -0.25) is 29.0 Å². The lowest BCUT2D eigenvalue weighted by Gasteiger charge is -2.60. The Morgan fingerprint density at radius 2 is 1.51 bits per heavy atom. The van der Waals surface area contributed by atoms with Crippen molar-refractivity contribution in [3.63, 3.8) is 0 Å². The van der Waals surface area contributed by atoms with Crippen molar-refractivity contribution in [3.05, 3.63) is 80.6 Å². The summed E-state index contributed by atoms with van der Waals surface area (Å²) in [6.45, 7) is 2.56. The van der Waals surface area contributed by atoms with Gasteiger partial charge < -0.3 is 14.2 Å². The number of carbonyl (C=O) groups is 5. The number of nitrogens with zero attached hydrogens (tertiary/aromatic N) is 3. The summed E-state index contributed by atoms with van der Waals surface area (Å²) in [6.07, 6.45) is 0.0609. The van der Waals surface area contributed by atoms with Crippen LogP contribution in [0.1, 0.15) is 37.0 Å². The number of halogens is 1. The average Bonchev–Trinajstić information content (AvgIpc) is 3.01. The highest BCUT2D eigenvalue weighted by Crippen LogP contribution is 2.49. The van der Waals surface area contributed by atoms with Gasteiger partial charge in [0.25, 0.3) is 0 Å². The van der Waals surface area contributed by atoms with Crippen LogP contribution in [0.25, 0.3) is 0 Å². The second-order valence-corrected chi connectivity index (χ2v) is 11.7. The van der Waals surface area contributed by atoms with Gasteiger partial charge in [-0.15, -0.1) is 0 Å². The molecule has 6 rings (SSSR count). The van der Waals surface area contributed by atoms with Gasteiger partial charge in [0.1, 0.15) is 18.5 Å². The van der Waals surface area contributed by atoms with E-state index in [2.05, 4.69) is 6.07 Å². The van der Waals surface area contributed by atoms with Gasteiger partial charge in [-0.05, 0) is 51.9 Å². The molecule has 0 aromatic heterocycles. The minimum absolute atomic E-state index is 0.0221. The van der Waals surface area contributed by atoms with Crippen molar-refractivity contribution >= 4 is 29.1 Å². The van der Waals surface area contributed by atoms with Crippen molar-refractivity contribution in [2.24, 2.45) is 0 Å². The molecule has 0 N–H and O–H groups in total. The number of hydrogen-bond acceptors (Lipinski definition) is 11. The van der Waals surface area contributed by atoms with Gasteiger partial charge in [0.2, 0.25) is 11.6 Å². The zero-order valence-electron chi connectivity index (χ0n) is 25.3. The highest BCUT2D eigenvalue weighted by Gasteiger charge is 2.60. The van der Waals surface area contributed by atoms with E-state index in [1.165, 1.54) is 46.3 Å². The van der Waals surface area contributed by atoms with Gasteiger partial charge in [0.05, 0.1) is 37.9 Å². The van der Waals surface area contributed by atoms with Gasteiger partial charge in [0, 0.05) is 45.5 Å². The first kappa shape index (κ1) is 30.3. The number of allylic oxidation sites excluding steroid dienone is 4. The molecule has 1 saturated heterocycles. The van der Waals surface area contributed by atoms with Gasteiger partial charge >= 0.3 is 5.97 Å². The van der Waals surface area contributed by atoms with Crippen molar-refractivity contribution in [1.82, 2.24) is 9.80 Å². The molecular weight excluding hydrogens is 585 g/mol. The highest BCUT2D eigenvalue weighted by molar-refractivity contribution is 6.26. The number of carbonyl (C=O) groups excluding carboxylic acids is 5. The number of ketones is 4. The largest absolute Gasteiger partial charge is 0.492 e. The molecular formula is C33H30FN3O8. The number of methoxy groups -OCH3 is 2. The molecule has 0 radical (unpaired) electrons. The average molecular weight is 616 g/mol. The quantitative estimate of drug-likeness (QED) is 0.355. The number of piperazine rings is 1. The van der Waals surface area contributed by atoms with Crippen LogP contribution in [0.4, 0.5) is 4.39 Å². The van der Waals surface area contributed by atoms with E-state index in [0.717, 1.165) is 6.07 Å².